The van der Waals surface area contributed by atoms with Gasteiger partial charge in [-0.1, -0.05) is 42.0 Å². The molecular formula is C22H24N4O3S. The summed E-state index contributed by atoms with van der Waals surface area (Å²) in [4.78, 5) is 14.7. The summed E-state index contributed by atoms with van der Waals surface area (Å²) in [6.45, 7) is 6.08. The zero-order valence-electron chi connectivity index (χ0n) is 17.2. The van der Waals surface area contributed by atoms with E-state index < -0.39 is 21.0 Å². The number of carbonyl (C=O) groups excluding carboxylic acids is 1. The van der Waals surface area contributed by atoms with Crippen LogP contribution in [0.3, 0.4) is 0 Å². The molecule has 2 aromatic carbocycles. The molecule has 0 saturated carbocycles. The van der Waals surface area contributed by atoms with Gasteiger partial charge in [0.05, 0.1) is 0 Å². The predicted octanol–water partition coefficient (Wildman–Crippen LogP) is 3.02. The first-order valence-electron chi connectivity index (χ1n) is 9.98. The molecule has 1 aliphatic rings. The monoisotopic (exact) mass is 424 g/mol. The fourth-order valence-corrected chi connectivity index (χ4v) is 5.25. The first kappa shape index (κ1) is 20.3. The van der Waals surface area contributed by atoms with Gasteiger partial charge in [0.15, 0.2) is 5.82 Å². The second-order valence-electron chi connectivity index (χ2n) is 7.48. The van der Waals surface area contributed by atoms with E-state index in [-0.39, 0.29) is 5.16 Å². The van der Waals surface area contributed by atoms with Gasteiger partial charge >= 0.3 is 0 Å². The molecule has 2 heterocycles. The van der Waals surface area contributed by atoms with Crippen molar-refractivity contribution >= 4 is 21.4 Å². The Morgan fingerprint density at radius 1 is 1.13 bits per heavy atom. The van der Waals surface area contributed by atoms with Gasteiger partial charge in [-0.05, 0) is 44.9 Å². The molecule has 1 atom stereocenters. The van der Waals surface area contributed by atoms with Gasteiger partial charge in [-0.15, -0.1) is 10.2 Å². The third-order valence-electron chi connectivity index (χ3n) is 5.53. The second-order valence-corrected chi connectivity index (χ2v) is 9.64. The molecule has 1 aliphatic heterocycles. The molecule has 7 nitrogen and oxygen atoms in total. The quantitative estimate of drug-likeness (QED) is 0.629. The van der Waals surface area contributed by atoms with Crippen LogP contribution >= 0.6 is 0 Å². The molecule has 0 fully saturated rings. The smallest absolute Gasteiger partial charge is 0.250 e. The minimum atomic E-state index is -4.02. The molecule has 3 aromatic rings. The van der Waals surface area contributed by atoms with Crippen molar-refractivity contribution in [3.8, 4) is 11.4 Å². The molecule has 0 aliphatic carbocycles. The highest BCUT2D eigenvalue weighted by Gasteiger charge is 2.39. The molecule has 1 unspecified atom stereocenters. The summed E-state index contributed by atoms with van der Waals surface area (Å²) in [5.74, 6) is 0.0358. The van der Waals surface area contributed by atoms with Gasteiger partial charge in [0.2, 0.25) is 15.7 Å². The van der Waals surface area contributed by atoms with Crippen molar-refractivity contribution < 1.29 is 13.2 Å². The molecule has 8 heteroatoms. The molecule has 0 radical (unpaired) electrons. The Morgan fingerprint density at radius 2 is 1.90 bits per heavy atom. The van der Waals surface area contributed by atoms with E-state index in [1.165, 1.54) is 6.92 Å². The minimum absolute atomic E-state index is 0.171. The topological polar surface area (TPSA) is 85.2 Å². The van der Waals surface area contributed by atoms with Crippen LogP contribution in [-0.4, -0.2) is 40.9 Å². The fraction of sp³-hybridized carbons (Fsp3) is 0.318. The second kappa shape index (κ2) is 7.68. The summed E-state index contributed by atoms with van der Waals surface area (Å²) in [6.07, 6.45) is 0.720. The Bertz CT molecular complexity index is 1220. The Labute approximate surface area is 176 Å². The van der Waals surface area contributed by atoms with E-state index in [2.05, 4.69) is 10.2 Å². The van der Waals surface area contributed by atoms with Crippen molar-refractivity contribution in [3.63, 3.8) is 0 Å². The van der Waals surface area contributed by atoms with Crippen molar-refractivity contribution in [1.29, 1.82) is 0 Å². The van der Waals surface area contributed by atoms with E-state index >= 15 is 0 Å². The zero-order valence-corrected chi connectivity index (χ0v) is 18.1. The number of hydrogen-bond acceptors (Lipinski definition) is 5. The number of aryl methyl sites for hydroxylation is 1. The van der Waals surface area contributed by atoms with Crippen LogP contribution in [-0.2, 0) is 27.6 Å². The molecular weight excluding hydrogens is 400 g/mol. The van der Waals surface area contributed by atoms with E-state index in [0.717, 1.165) is 28.8 Å². The van der Waals surface area contributed by atoms with Crippen molar-refractivity contribution in [3.05, 3.63) is 59.7 Å². The highest BCUT2D eigenvalue weighted by atomic mass is 32.2. The Morgan fingerprint density at radius 3 is 2.63 bits per heavy atom. The van der Waals surface area contributed by atoms with Crippen molar-refractivity contribution in [2.75, 3.05) is 11.4 Å². The van der Waals surface area contributed by atoms with Gasteiger partial charge in [-0.2, -0.15) is 0 Å². The van der Waals surface area contributed by atoms with Gasteiger partial charge in [-0.3, -0.25) is 9.36 Å². The summed E-state index contributed by atoms with van der Waals surface area (Å²) in [6, 6.07) is 15.2. The molecule has 156 valence electrons. The number of sulfone groups is 1. The number of para-hydroxylation sites is 1. The molecule has 0 N–H and O–H groups in total. The van der Waals surface area contributed by atoms with Crippen LogP contribution in [0.25, 0.3) is 11.4 Å². The van der Waals surface area contributed by atoms with Gasteiger partial charge < -0.3 is 4.90 Å². The molecule has 30 heavy (non-hydrogen) atoms. The van der Waals surface area contributed by atoms with Crippen LogP contribution in [0.15, 0.2) is 53.7 Å². The lowest BCUT2D eigenvalue weighted by Crippen LogP contribution is -2.41. The summed E-state index contributed by atoms with van der Waals surface area (Å²) in [7, 11) is -4.02. The summed E-state index contributed by atoms with van der Waals surface area (Å²) < 4.78 is 28.3. The molecule has 0 bridgehead atoms. The lowest BCUT2D eigenvalue weighted by molar-refractivity contribution is -0.117. The molecule has 1 amide bonds. The molecule has 0 spiro atoms. The number of hydrogen-bond donors (Lipinski definition) is 0. The van der Waals surface area contributed by atoms with Gasteiger partial charge in [0.1, 0.15) is 5.25 Å². The minimum Gasteiger partial charge on any atom is -0.311 e. The third kappa shape index (κ3) is 3.31. The first-order chi connectivity index (χ1) is 14.3. The first-order valence-corrected chi connectivity index (χ1v) is 11.5. The van der Waals surface area contributed by atoms with Crippen LogP contribution in [0.5, 0.6) is 0 Å². The number of amides is 1. The average Bonchev–Trinajstić information content (AvgIpc) is 3.37. The normalized spacial score (nSPS) is 14.6. The van der Waals surface area contributed by atoms with Crippen LogP contribution < -0.4 is 4.90 Å². The number of aromatic nitrogens is 3. The molecule has 1 aromatic heterocycles. The maximum absolute atomic E-state index is 13.4. The number of rotatable bonds is 5. The van der Waals surface area contributed by atoms with Crippen molar-refractivity contribution in [2.24, 2.45) is 0 Å². The number of carbonyl (C=O) groups is 1. The Kier molecular flexibility index (Phi) is 5.19. The van der Waals surface area contributed by atoms with E-state index in [1.54, 1.807) is 9.47 Å². The number of anilines is 1. The van der Waals surface area contributed by atoms with E-state index in [9.17, 15) is 13.2 Å². The van der Waals surface area contributed by atoms with Gasteiger partial charge in [0.25, 0.3) is 5.16 Å². The Balaban J connectivity index is 1.69. The molecule has 0 saturated heterocycles. The summed E-state index contributed by atoms with van der Waals surface area (Å²) in [5, 5.41) is 6.71. The summed E-state index contributed by atoms with van der Waals surface area (Å²) >= 11 is 0. The fourth-order valence-electron chi connectivity index (χ4n) is 3.86. The van der Waals surface area contributed by atoms with Crippen molar-refractivity contribution in [1.82, 2.24) is 14.8 Å². The average molecular weight is 425 g/mol. The van der Waals surface area contributed by atoms with Crippen LogP contribution in [0.1, 0.15) is 25.0 Å². The van der Waals surface area contributed by atoms with Crippen molar-refractivity contribution in [2.45, 2.75) is 44.1 Å². The predicted molar refractivity (Wildman–Crippen MR) is 115 cm³/mol. The summed E-state index contributed by atoms with van der Waals surface area (Å²) in [5.41, 5.74) is 3.66. The van der Waals surface area contributed by atoms with E-state index in [0.29, 0.717) is 18.9 Å². The SMILES string of the molecule is CCn1c(-c2cccc(C)c2)nnc1S(=O)(=O)C(C)C(=O)N1CCc2ccccc21. The number of benzene rings is 2. The largest absolute Gasteiger partial charge is 0.311 e. The standard InChI is InChI=1S/C22H24N4O3S/c1-4-25-20(18-10-7-8-15(2)14-18)23-24-22(25)30(28,29)16(3)21(27)26-13-12-17-9-5-6-11-19(17)26/h5-11,14,16H,4,12-13H2,1-3H3. The van der Waals surface area contributed by atoms with Crippen LogP contribution in [0.2, 0.25) is 0 Å². The lowest BCUT2D eigenvalue weighted by Gasteiger charge is -2.21. The highest BCUT2D eigenvalue weighted by molar-refractivity contribution is 7.92. The van der Waals surface area contributed by atoms with Gasteiger partial charge in [0, 0.05) is 24.3 Å². The third-order valence-corrected chi connectivity index (χ3v) is 7.47. The molecule has 4 rings (SSSR count). The van der Waals surface area contributed by atoms with E-state index in [4.69, 9.17) is 0 Å². The lowest BCUT2D eigenvalue weighted by atomic mass is 10.1. The van der Waals surface area contributed by atoms with Gasteiger partial charge in [-0.25, -0.2) is 8.42 Å². The maximum atomic E-state index is 13.4. The highest BCUT2D eigenvalue weighted by Crippen LogP contribution is 2.30. The number of fused-ring (bicyclic) bond motifs is 1. The zero-order chi connectivity index (χ0) is 21.5. The van der Waals surface area contributed by atoms with E-state index in [1.807, 2.05) is 62.4 Å². The van der Waals surface area contributed by atoms with Crippen LogP contribution in [0.4, 0.5) is 5.69 Å². The van der Waals surface area contributed by atoms with Crippen LogP contribution in [0, 0.1) is 6.92 Å². The Hall–Kier alpha value is -3.00. The number of nitrogens with zero attached hydrogens (tertiary/aromatic N) is 4. The maximum Gasteiger partial charge on any atom is 0.250 e.